The molecule has 116 valence electrons. The van der Waals surface area contributed by atoms with Crippen molar-refractivity contribution in [3.8, 4) is 0 Å². The number of carbonyl (C=O) groups excluding carboxylic acids is 1. The molecule has 0 aromatic heterocycles. The molecule has 0 heterocycles. The topological polar surface area (TPSA) is 26.3 Å². The lowest BCUT2D eigenvalue weighted by Crippen LogP contribution is -2.48. The van der Waals surface area contributed by atoms with Crippen molar-refractivity contribution in [1.29, 1.82) is 0 Å². The lowest BCUT2D eigenvalue weighted by molar-refractivity contribution is -0.142. The molecule has 1 rings (SSSR count). The highest BCUT2D eigenvalue weighted by molar-refractivity contribution is 6.93. The first-order chi connectivity index (χ1) is 9.68. The van der Waals surface area contributed by atoms with Crippen molar-refractivity contribution in [2.75, 3.05) is 6.61 Å². The van der Waals surface area contributed by atoms with Crippen molar-refractivity contribution < 1.29 is 9.53 Å². The van der Waals surface area contributed by atoms with E-state index in [1.807, 2.05) is 25.1 Å². The molecule has 0 saturated heterocycles. The second kappa shape index (κ2) is 7.08. The first-order valence-corrected chi connectivity index (χ1v) is 10.7. The Labute approximate surface area is 130 Å². The maximum absolute atomic E-state index is 12.4. The first kappa shape index (κ1) is 17.7. The van der Waals surface area contributed by atoms with Crippen LogP contribution in [-0.4, -0.2) is 20.7 Å². The van der Waals surface area contributed by atoms with Gasteiger partial charge in [-0.2, -0.15) is 0 Å². The third-order valence-corrected chi connectivity index (χ3v) is 7.43. The molecular formula is C18H28O2Si. The lowest BCUT2D eigenvalue weighted by atomic mass is 9.96. The smallest absolute Gasteiger partial charge is 0.310 e. The van der Waals surface area contributed by atoms with E-state index in [2.05, 4.69) is 58.2 Å². The average molecular weight is 305 g/mol. The highest BCUT2D eigenvalue weighted by atomic mass is 28.3. The van der Waals surface area contributed by atoms with Crippen LogP contribution in [0, 0.1) is 5.41 Å². The van der Waals surface area contributed by atoms with Gasteiger partial charge < -0.3 is 4.74 Å². The Balaban J connectivity index is 3.16. The third-order valence-electron chi connectivity index (χ3n) is 3.62. The highest BCUT2D eigenvalue weighted by Crippen LogP contribution is 2.28. The Morgan fingerprint density at radius 3 is 2.29 bits per heavy atom. The lowest BCUT2D eigenvalue weighted by Gasteiger charge is -2.30. The van der Waals surface area contributed by atoms with E-state index in [9.17, 15) is 4.79 Å². The van der Waals surface area contributed by atoms with Crippen molar-refractivity contribution in [3.63, 3.8) is 0 Å². The summed E-state index contributed by atoms with van der Waals surface area (Å²) in [6, 6.07) is 10.4. The van der Waals surface area contributed by atoms with E-state index in [0.717, 1.165) is 0 Å². The molecule has 1 unspecified atom stereocenters. The van der Waals surface area contributed by atoms with E-state index < -0.39 is 8.07 Å². The minimum Gasteiger partial charge on any atom is -0.466 e. The summed E-state index contributed by atoms with van der Waals surface area (Å²) in [5.74, 6) is -0.0986. The van der Waals surface area contributed by atoms with Gasteiger partial charge in [-0.05, 0) is 12.3 Å². The molecule has 0 aliphatic carbocycles. The van der Waals surface area contributed by atoms with Crippen LogP contribution in [0.2, 0.25) is 18.6 Å². The minimum atomic E-state index is -1.97. The number of rotatable bonds is 5. The average Bonchev–Trinajstić information content (AvgIpc) is 2.38. The summed E-state index contributed by atoms with van der Waals surface area (Å²) in [6.07, 6.45) is 4.20. The third kappa shape index (κ3) is 5.16. The predicted octanol–water partition coefficient (Wildman–Crippen LogP) is 4.14. The molecular weight excluding hydrogens is 276 g/mol. The van der Waals surface area contributed by atoms with Crippen LogP contribution in [0.25, 0.3) is 0 Å². The zero-order valence-corrected chi connectivity index (χ0v) is 15.1. The quantitative estimate of drug-likeness (QED) is 0.464. The van der Waals surface area contributed by atoms with Crippen LogP contribution >= 0.6 is 0 Å². The Hall–Kier alpha value is -1.35. The maximum Gasteiger partial charge on any atom is 0.310 e. The van der Waals surface area contributed by atoms with Crippen LogP contribution in [-0.2, 0) is 9.53 Å². The summed E-state index contributed by atoms with van der Waals surface area (Å²) >= 11 is 0. The van der Waals surface area contributed by atoms with Crippen molar-refractivity contribution >= 4 is 19.2 Å². The largest absolute Gasteiger partial charge is 0.466 e. The summed E-state index contributed by atoms with van der Waals surface area (Å²) in [5, 5.41) is 1.28. The van der Waals surface area contributed by atoms with E-state index in [1.165, 1.54) is 5.19 Å². The van der Waals surface area contributed by atoms with Crippen LogP contribution in [0.15, 0.2) is 42.5 Å². The molecule has 0 spiro atoms. The zero-order valence-electron chi connectivity index (χ0n) is 14.1. The zero-order chi connectivity index (χ0) is 16.1. The number of benzene rings is 1. The van der Waals surface area contributed by atoms with Crippen molar-refractivity contribution in [2.45, 2.75) is 46.3 Å². The number of ether oxygens (including phenoxy) is 1. The summed E-state index contributed by atoms with van der Waals surface area (Å²) in [6.45, 7) is 13.2. The van der Waals surface area contributed by atoms with Gasteiger partial charge in [0.05, 0.1) is 12.1 Å². The molecule has 1 aromatic rings. The summed E-state index contributed by atoms with van der Waals surface area (Å²) in [7, 11) is -1.97. The van der Waals surface area contributed by atoms with Crippen LogP contribution in [0.5, 0.6) is 0 Å². The second-order valence-electron chi connectivity index (χ2n) is 7.04. The summed E-state index contributed by atoms with van der Waals surface area (Å²) in [5.41, 5.74) is -0.0922. The normalized spacial score (nSPS) is 14.2. The van der Waals surface area contributed by atoms with E-state index in [1.54, 1.807) is 0 Å². The molecule has 0 fully saturated rings. The number of carbonyl (C=O) groups is 1. The maximum atomic E-state index is 12.4. The Kier molecular flexibility index (Phi) is 5.96. The van der Waals surface area contributed by atoms with Crippen molar-refractivity contribution in [2.24, 2.45) is 5.41 Å². The van der Waals surface area contributed by atoms with E-state index >= 15 is 0 Å². The second-order valence-corrected chi connectivity index (χ2v) is 11.7. The Morgan fingerprint density at radius 2 is 1.81 bits per heavy atom. The molecule has 21 heavy (non-hydrogen) atoms. The standard InChI is InChI=1S/C18H28O2Si/c1-7-20-17(19)16(13-14-18(2,3)4)21(5,6)15-11-9-8-10-12-15/h8-14,16H,7H2,1-6H3/b14-13+. The summed E-state index contributed by atoms with van der Waals surface area (Å²) in [4.78, 5) is 12.4. The fraction of sp³-hybridized carbons (Fsp3) is 0.500. The van der Waals surface area contributed by atoms with Crippen LogP contribution in [0.4, 0.5) is 0 Å². The number of hydrogen-bond donors (Lipinski definition) is 0. The molecule has 3 heteroatoms. The Bertz CT molecular complexity index is 484. The molecule has 0 aliphatic rings. The highest BCUT2D eigenvalue weighted by Gasteiger charge is 2.38. The molecule has 0 N–H and O–H groups in total. The monoisotopic (exact) mass is 304 g/mol. The van der Waals surface area contributed by atoms with Gasteiger partial charge >= 0.3 is 5.97 Å². The molecule has 0 aliphatic heterocycles. The fourth-order valence-electron chi connectivity index (χ4n) is 2.28. The van der Waals surface area contributed by atoms with Crippen molar-refractivity contribution in [1.82, 2.24) is 0 Å². The van der Waals surface area contributed by atoms with Gasteiger partial charge in [-0.15, -0.1) is 0 Å². The van der Waals surface area contributed by atoms with E-state index in [4.69, 9.17) is 4.74 Å². The molecule has 2 nitrogen and oxygen atoms in total. The SMILES string of the molecule is CCOC(=O)C(/C=C/C(C)(C)C)[Si](C)(C)c1ccccc1. The molecule has 0 bridgehead atoms. The van der Waals surface area contributed by atoms with Gasteiger partial charge in [0.15, 0.2) is 0 Å². The number of hydrogen-bond acceptors (Lipinski definition) is 2. The van der Waals surface area contributed by atoms with Gasteiger partial charge in [0, 0.05) is 0 Å². The van der Waals surface area contributed by atoms with Crippen LogP contribution in [0.1, 0.15) is 27.7 Å². The van der Waals surface area contributed by atoms with Gasteiger partial charge in [-0.25, -0.2) is 0 Å². The molecule has 0 saturated carbocycles. The Morgan fingerprint density at radius 1 is 1.24 bits per heavy atom. The van der Waals surface area contributed by atoms with E-state index in [0.29, 0.717) is 6.61 Å². The summed E-state index contributed by atoms with van der Waals surface area (Å²) < 4.78 is 5.32. The van der Waals surface area contributed by atoms with Gasteiger partial charge in [0.25, 0.3) is 0 Å². The fourth-order valence-corrected chi connectivity index (χ4v) is 4.94. The number of allylic oxidation sites excluding steroid dienone is 1. The van der Waals surface area contributed by atoms with Gasteiger partial charge in [0.1, 0.15) is 8.07 Å². The van der Waals surface area contributed by atoms with E-state index in [-0.39, 0.29) is 16.9 Å². The van der Waals surface area contributed by atoms with Gasteiger partial charge in [-0.3, -0.25) is 4.79 Å². The molecule has 0 radical (unpaired) electrons. The number of esters is 1. The van der Waals surface area contributed by atoms with Crippen LogP contribution in [0.3, 0.4) is 0 Å². The van der Waals surface area contributed by atoms with Crippen LogP contribution < -0.4 is 5.19 Å². The van der Waals surface area contributed by atoms with Gasteiger partial charge in [-0.1, -0.05) is 81.5 Å². The predicted molar refractivity (Wildman–Crippen MR) is 92.5 cm³/mol. The first-order valence-electron chi connectivity index (χ1n) is 7.60. The minimum absolute atomic E-state index is 0.0614. The van der Waals surface area contributed by atoms with Crippen molar-refractivity contribution in [3.05, 3.63) is 42.5 Å². The molecule has 1 aromatic carbocycles. The van der Waals surface area contributed by atoms with Gasteiger partial charge in [0.2, 0.25) is 0 Å². The molecule has 1 atom stereocenters. The molecule has 0 amide bonds.